The quantitative estimate of drug-likeness (QED) is 0.0667. The van der Waals surface area contributed by atoms with Crippen molar-refractivity contribution in [1.29, 1.82) is 0 Å². The summed E-state index contributed by atoms with van der Waals surface area (Å²) < 4.78 is 0. The molecule has 2 N–H and O–H groups in total. The van der Waals surface area contributed by atoms with Gasteiger partial charge in [0.15, 0.2) is 0 Å². The van der Waals surface area contributed by atoms with Crippen LogP contribution in [0.2, 0.25) is 0 Å². The highest BCUT2D eigenvalue weighted by atomic mass is 16.4. The Balaban J connectivity index is 1.20. The van der Waals surface area contributed by atoms with Gasteiger partial charge in [-0.1, -0.05) is 158 Å². The number of carboxylic acid groups (broad SMARTS) is 1. The molecule has 0 aliphatic rings. The Labute approximate surface area is 299 Å². The van der Waals surface area contributed by atoms with Gasteiger partial charge in [-0.05, 0) is 73.9 Å². The van der Waals surface area contributed by atoms with E-state index in [1.54, 1.807) is 0 Å². The van der Waals surface area contributed by atoms with Crippen LogP contribution in [0.3, 0.4) is 0 Å². The molecule has 0 saturated carbocycles. The summed E-state index contributed by atoms with van der Waals surface area (Å²) in [4.78, 5) is 20.9. The number of unbranched alkanes of at least 4 members (excludes halogenated alkanes) is 19. The summed E-state index contributed by atoms with van der Waals surface area (Å²) in [6, 6.07) is 18.3. The summed E-state index contributed by atoms with van der Waals surface area (Å²) in [5.74, 6) is -1.20. The van der Waals surface area contributed by atoms with E-state index in [4.69, 9.17) is 0 Å². The van der Waals surface area contributed by atoms with Crippen molar-refractivity contribution in [3.63, 3.8) is 0 Å². The largest absolute Gasteiger partial charge is 0.481 e. The van der Waals surface area contributed by atoms with Gasteiger partial charge in [0.1, 0.15) is 0 Å². The molecule has 0 spiro atoms. The number of nitrogens with zero attached hydrogens (tertiary/aromatic N) is 2. The molecule has 2 heterocycles. The fourth-order valence-corrected chi connectivity index (χ4v) is 7.13. The van der Waals surface area contributed by atoms with Gasteiger partial charge in [0.05, 0.1) is 5.92 Å². The number of aryl methyl sites for hydroxylation is 2. The first-order valence-electron chi connectivity index (χ1n) is 20.0. The molecule has 3 aromatic rings. The van der Waals surface area contributed by atoms with Crippen molar-refractivity contribution in [3.05, 3.63) is 96.1 Å². The van der Waals surface area contributed by atoms with Gasteiger partial charge in [-0.2, -0.15) is 0 Å². The number of hydrogen-bond acceptors (Lipinski definition) is 4. The second kappa shape index (κ2) is 27.7. The zero-order chi connectivity index (χ0) is 34.5. The number of rotatable bonds is 31. The maximum absolute atomic E-state index is 12.5. The standard InChI is InChI=1S/C44H67N3O2/c48-44(49)43(41-31-21-18-22-32-41)42(33-23-16-12-8-4-3-7-11-15-20-28-40-30-26-35-46-38-40)47-36-24-17-13-9-5-1-2-6-10-14-19-27-39-29-25-34-45-37-39/h18,21-22,25-26,29-32,34-35,37-38,42-43,47H,1-17,19-20,23-24,27-28,33,36H2,(H,48,49)/t42-,43+/m1/s1. The first-order valence-corrected chi connectivity index (χ1v) is 20.0. The summed E-state index contributed by atoms with van der Waals surface area (Å²) in [5, 5.41) is 13.9. The maximum atomic E-state index is 12.5. The van der Waals surface area contributed by atoms with Gasteiger partial charge in [0.25, 0.3) is 0 Å². The van der Waals surface area contributed by atoms with Crippen LogP contribution in [0.5, 0.6) is 0 Å². The van der Waals surface area contributed by atoms with Gasteiger partial charge in [-0.3, -0.25) is 14.8 Å². The Bertz CT molecular complexity index is 1170. The first kappa shape index (κ1) is 40.4. The highest BCUT2D eigenvalue weighted by molar-refractivity contribution is 5.77. The molecule has 2 aromatic heterocycles. The lowest BCUT2D eigenvalue weighted by Crippen LogP contribution is -2.39. The van der Waals surface area contributed by atoms with Crippen LogP contribution in [0.1, 0.15) is 164 Å². The molecule has 3 rings (SSSR count). The molecular formula is C44H67N3O2. The molecule has 0 saturated heterocycles. The third kappa shape index (κ3) is 19.7. The Morgan fingerprint density at radius 3 is 1.39 bits per heavy atom. The van der Waals surface area contributed by atoms with Crippen molar-refractivity contribution < 1.29 is 9.90 Å². The molecule has 0 unspecified atom stereocenters. The van der Waals surface area contributed by atoms with Crippen LogP contribution >= 0.6 is 0 Å². The lowest BCUT2D eigenvalue weighted by molar-refractivity contribution is -0.139. The smallest absolute Gasteiger partial charge is 0.312 e. The second-order valence-electron chi connectivity index (χ2n) is 14.2. The highest BCUT2D eigenvalue weighted by Gasteiger charge is 2.29. The van der Waals surface area contributed by atoms with Crippen molar-refractivity contribution in [2.75, 3.05) is 6.54 Å². The Morgan fingerprint density at radius 2 is 0.959 bits per heavy atom. The van der Waals surface area contributed by atoms with Gasteiger partial charge < -0.3 is 10.4 Å². The molecular weight excluding hydrogens is 603 g/mol. The number of aromatic nitrogens is 2. The zero-order valence-corrected chi connectivity index (χ0v) is 30.6. The van der Waals surface area contributed by atoms with Crippen LogP contribution < -0.4 is 5.32 Å². The molecule has 0 amide bonds. The predicted octanol–water partition coefficient (Wildman–Crippen LogP) is 11.7. The van der Waals surface area contributed by atoms with Crippen LogP contribution in [0.4, 0.5) is 0 Å². The fourth-order valence-electron chi connectivity index (χ4n) is 7.13. The number of nitrogens with one attached hydrogen (secondary N) is 1. The van der Waals surface area contributed by atoms with E-state index in [0.717, 1.165) is 44.2 Å². The lowest BCUT2D eigenvalue weighted by Gasteiger charge is -2.26. The number of carboxylic acids is 1. The molecule has 270 valence electrons. The van der Waals surface area contributed by atoms with Crippen LogP contribution in [-0.4, -0.2) is 33.6 Å². The molecule has 0 radical (unpaired) electrons. The van der Waals surface area contributed by atoms with E-state index < -0.39 is 11.9 Å². The van der Waals surface area contributed by atoms with Gasteiger partial charge >= 0.3 is 5.97 Å². The summed E-state index contributed by atoms with van der Waals surface area (Å²) >= 11 is 0. The van der Waals surface area contributed by atoms with Crippen molar-refractivity contribution in [1.82, 2.24) is 15.3 Å². The molecule has 0 aliphatic carbocycles. The average molecular weight is 670 g/mol. The SMILES string of the molecule is O=C(O)[C@@H](c1ccccc1)[C@@H](CCCCCCCCCCCCc1cccnc1)NCCCCCCCCCCCCCc1cccnc1. The monoisotopic (exact) mass is 670 g/mol. The molecule has 0 aliphatic heterocycles. The number of carbonyl (C=O) groups is 1. The number of aliphatic carboxylic acids is 1. The van der Waals surface area contributed by atoms with Crippen LogP contribution in [-0.2, 0) is 17.6 Å². The summed E-state index contributed by atoms with van der Waals surface area (Å²) in [5.41, 5.74) is 3.63. The zero-order valence-electron chi connectivity index (χ0n) is 30.6. The van der Waals surface area contributed by atoms with Gasteiger partial charge in [0, 0.05) is 30.8 Å². The molecule has 5 heteroatoms. The van der Waals surface area contributed by atoms with Gasteiger partial charge in [-0.25, -0.2) is 0 Å². The Morgan fingerprint density at radius 1 is 0.531 bits per heavy atom. The van der Waals surface area contributed by atoms with E-state index >= 15 is 0 Å². The minimum atomic E-state index is -0.711. The number of pyridine rings is 2. The summed E-state index contributed by atoms with van der Waals surface area (Å²) in [6.45, 7) is 0.905. The lowest BCUT2D eigenvalue weighted by atomic mass is 9.88. The Hall–Kier alpha value is -3.05. The molecule has 5 nitrogen and oxygen atoms in total. The molecule has 2 atom stereocenters. The second-order valence-corrected chi connectivity index (χ2v) is 14.2. The number of benzene rings is 1. The van der Waals surface area contributed by atoms with Crippen LogP contribution in [0.25, 0.3) is 0 Å². The van der Waals surface area contributed by atoms with Gasteiger partial charge in [0.2, 0.25) is 0 Å². The highest BCUT2D eigenvalue weighted by Crippen LogP contribution is 2.25. The van der Waals surface area contributed by atoms with Crippen LogP contribution in [0, 0.1) is 0 Å². The minimum Gasteiger partial charge on any atom is -0.481 e. The van der Waals surface area contributed by atoms with E-state index in [2.05, 4.69) is 27.4 Å². The average Bonchev–Trinajstić information content (AvgIpc) is 3.13. The van der Waals surface area contributed by atoms with Crippen molar-refractivity contribution in [2.24, 2.45) is 0 Å². The van der Waals surface area contributed by atoms with E-state index in [9.17, 15) is 9.90 Å². The summed E-state index contributed by atoms with van der Waals surface area (Å²) in [6.07, 6.45) is 37.9. The van der Waals surface area contributed by atoms with E-state index in [1.165, 1.54) is 133 Å². The predicted molar refractivity (Wildman–Crippen MR) is 206 cm³/mol. The first-order chi connectivity index (χ1) is 24.2. The maximum Gasteiger partial charge on any atom is 0.312 e. The molecule has 49 heavy (non-hydrogen) atoms. The topological polar surface area (TPSA) is 75.1 Å². The molecule has 1 aromatic carbocycles. The van der Waals surface area contributed by atoms with Crippen molar-refractivity contribution >= 4 is 5.97 Å². The van der Waals surface area contributed by atoms with Crippen LogP contribution in [0.15, 0.2) is 79.4 Å². The van der Waals surface area contributed by atoms with Crippen molar-refractivity contribution in [2.45, 2.75) is 166 Å². The number of hydrogen-bond donors (Lipinski definition) is 2. The third-order valence-electron chi connectivity index (χ3n) is 10.1. The molecule has 0 fully saturated rings. The van der Waals surface area contributed by atoms with E-state index in [0.29, 0.717) is 0 Å². The third-order valence-corrected chi connectivity index (χ3v) is 10.1. The van der Waals surface area contributed by atoms with E-state index in [1.807, 2.05) is 67.3 Å². The fraction of sp³-hybridized carbons (Fsp3) is 0.614. The van der Waals surface area contributed by atoms with E-state index in [-0.39, 0.29) is 6.04 Å². The molecule has 0 bridgehead atoms. The minimum absolute atomic E-state index is 0.0177. The Kier molecular flexibility index (Phi) is 22.9. The summed E-state index contributed by atoms with van der Waals surface area (Å²) in [7, 11) is 0. The van der Waals surface area contributed by atoms with Gasteiger partial charge in [-0.15, -0.1) is 0 Å². The normalized spacial score (nSPS) is 12.6. The van der Waals surface area contributed by atoms with Crippen molar-refractivity contribution in [3.8, 4) is 0 Å².